The van der Waals surface area contributed by atoms with Gasteiger partial charge in [-0.2, -0.15) is 0 Å². The van der Waals surface area contributed by atoms with E-state index in [0.29, 0.717) is 22.6 Å². The van der Waals surface area contributed by atoms with Crippen LogP contribution < -0.4 is 10.1 Å². The summed E-state index contributed by atoms with van der Waals surface area (Å²) in [5, 5.41) is 2.57. The van der Waals surface area contributed by atoms with Crippen LogP contribution in [0.4, 0.5) is 4.79 Å². The van der Waals surface area contributed by atoms with Gasteiger partial charge in [-0.1, -0.05) is 43.1 Å². The lowest BCUT2D eigenvalue weighted by Gasteiger charge is -2.35. The van der Waals surface area contributed by atoms with Crippen molar-refractivity contribution in [2.24, 2.45) is 0 Å². The lowest BCUT2D eigenvalue weighted by atomic mass is 9.92. The van der Waals surface area contributed by atoms with E-state index in [9.17, 15) is 14.4 Å². The third kappa shape index (κ3) is 11.0. The molecule has 214 valence electrons. The van der Waals surface area contributed by atoms with Crippen LogP contribution in [0.1, 0.15) is 57.7 Å². The van der Waals surface area contributed by atoms with Crippen molar-refractivity contribution in [3.05, 3.63) is 83.4 Å². The van der Waals surface area contributed by atoms with E-state index < -0.39 is 29.2 Å². The molecule has 0 unspecified atom stereocenters. The molecular weight excluding hydrogens is 530 g/mol. The highest BCUT2D eigenvalue weighted by Crippen LogP contribution is 2.29. The normalized spacial score (nSPS) is 11.4. The van der Waals surface area contributed by atoms with Crippen molar-refractivity contribution in [2.45, 2.75) is 52.2 Å². The summed E-state index contributed by atoms with van der Waals surface area (Å²) in [5.41, 5.74) is 1.41. The lowest BCUT2D eigenvalue weighted by Crippen LogP contribution is -2.43. The van der Waals surface area contributed by atoms with Gasteiger partial charge in [-0.3, -0.25) is 0 Å². The van der Waals surface area contributed by atoms with Crippen molar-refractivity contribution in [2.75, 3.05) is 20.3 Å². The van der Waals surface area contributed by atoms with E-state index in [1.807, 2.05) is 62.4 Å². The molecule has 0 radical (unpaired) electrons. The number of amides is 1. The molecule has 0 spiro atoms. The molecule has 0 bridgehead atoms. The largest absolute Gasteiger partial charge is 0.488 e. The maximum Gasteiger partial charge on any atom is 0.407 e. The third-order valence-corrected chi connectivity index (χ3v) is 5.94. The summed E-state index contributed by atoms with van der Waals surface area (Å²) >= 11 is 5.67. The standard InChI is InChI=1S/C31H37NO7S/c1-21(2)28(34)37-19-18-32-29(35)39-31(5,6)20-30(3,4)38-25-15-13-24(14-16-25)27(40)23-11-8-22(9-12-23)10-17-26(33)36-7/h8-17H,1,18-20H2,2-7H3,(H,32,35)/b17-10+. The second kappa shape index (κ2) is 14.4. The highest BCUT2D eigenvalue weighted by atomic mass is 32.1. The maximum absolute atomic E-state index is 12.2. The lowest BCUT2D eigenvalue weighted by molar-refractivity contribution is -0.139. The highest BCUT2D eigenvalue weighted by molar-refractivity contribution is 7.81. The smallest absolute Gasteiger partial charge is 0.407 e. The Labute approximate surface area is 241 Å². The minimum Gasteiger partial charge on any atom is -0.488 e. The van der Waals surface area contributed by atoms with Crippen molar-refractivity contribution in [1.82, 2.24) is 5.32 Å². The summed E-state index contributed by atoms with van der Waals surface area (Å²) in [6.45, 7) is 12.6. The molecule has 0 fully saturated rings. The van der Waals surface area contributed by atoms with Crippen LogP contribution in [-0.2, 0) is 23.8 Å². The molecule has 2 aromatic carbocycles. The number of benzene rings is 2. The molecule has 9 heteroatoms. The number of carbonyl (C=O) groups is 3. The number of rotatable bonds is 13. The molecule has 0 saturated carbocycles. The van der Waals surface area contributed by atoms with E-state index in [1.54, 1.807) is 26.8 Å². The van der Waals surface area contributed by atoms with Gasteiger partial charge in [0, 0.05) is 18.1 Å². The van der Waals surface area contributed by atoms with Gasteiger partial charge in [-0.15, -0.1) is 0 Å². The Morgan fingerprint density at radius 2 is 1.52 bits per heavy atom. The highest BCUT2D eigenvalue weighted by Gasteiger charge is 2.33. The number of hydrogen-bond donors (Lipinski definition) is 1. The van der Waals surface area contributed by atoms with E-state index in [1.165, 1.54) is 13.2 Å². The Kier molecular flexibility index (Phi) is 11.6. The predicted molar refractivity (Wildman–Crippen MR) is 158 cm³/mol. The number of alkyl carbamates (subject to hydrolysis) is 1. The van der Waals surface area contributed by atoms with Gasteiger partial charge in [0.25, 0.3) is 0 Å². The van der Waals surface area contributed by atoms with E-state index in [0.717, 1.165) is 16.7 Å². The van der Waals surface area contributed by atoms with E-state index in [2.05, 4.69) is 16.6 Å². The molecule has 40 heavy (non-hydrogen) atoms. The van der Waals surface area contributed by atoms with Crippen LogP contribution in [0.15, 0.2) is 66.8 Å². The fraction of sp³-hybridized carbons (Fsp3) is 0.355. The molecule has 0 atom stereocenters. The van der Waals surface area contributed by atoms with Crippen LogP contribution in [0.2, 0.25) is 0 Å². The number of esters is 2. The molecule has 1 N–H and O–H groups in total. The zero-order chi connectivity index (χ0) is 29.9. The van der Waals surface area contributed by atoms with Crippen molar-refractivity contribution >= 4 is 41.2 Å². The van der Waals surface area contributed by atoms with Crippen LogP contribution >= 0.6 is 12.2 Å². The van der Waals surface area contributed by atoms with Gasteiger partial charge in [-0.25, -0.2) is 14.4 Å². The van der Waals surface area contributed by atoms with Crippen LogP contribution in [0.3, 0.4) is 0 Å². The first kappa shape index (κ1) is 32.2. The van der Waals surface area contributed by atoms with Crippen LogP contribution in [0.25, 0.3) is 6.08 Å². The summed E-state index contributed by atoms with van der Waals surface area (Å²) in [7, 11) is 1.33. The molecule has 0 aliphatic rings. The molecule has 2 rings (SSSR count). The molecule has 8 nitrogen and oxygen atoms in total. The summed E-state index contributed by atoms with van der Waals surface area (Å²) < 4.78 is 21.3. The molecule has 2 aromatic rings. The van der Waals surface area contributed by atoms with Gasteiger partial charge in [0.05, 0.1) is 18.5 Å². The molecule has 1 amide bonds. The zero-order valence-electron chi connectivity index (χ0n) is 23.9. The Morgan fingerprint density at radius 3 is 2.08 bits per heavy atom. The van der Waals surface area contributed by atoms with Crippen molar-refractivity contribution in [1.29, 1.82) is 0 Å². The monoisotopic (exact) mass is 567 g/mol. The Hall–Kier alpha value is -3.98. The van der Waals surface area contributed by atoms with Crippen molar-refractivity contribution in [3.8, 4) is 5.75 Å². The molecule has 0 aromatic heterocycles. The molecular formula is C31H37NO7S. The number of thiocarbonyl (C=S) groups is 1. The fourth-order valence-electron chi connectivity index (χ4n) is 3.94. The van der Waals surface area contributed by atoms with Gasteiger partial charge < -0.3 is 24.3 Å². The van der Waals surface area contributed by atoms with Crippen molar-refractivity contribution < 1.29 is 33.3 Å². The summed E-state index contributed by atoms with van der Waals surface area (Å²) in [5.74, 6) is -0.272. The third-order valence-electron chi connectivity index (χ3n) is 5.47. The molecule has 0 aliphatic carbocycles. The molecule has 0 heterocycles. The molecule has 0 aliphatic heterocycles. The van der Waals surface area contributed by atoms with Crippen LogP contribution in [-0.4, -0.2) is 54.4 Å². The quantitative estimate of drug-likeness (QED) is 0.0808. The average Bonchev–Trinajstić information content (AvgIpc) is 2.88. The number of carbonyl (C=O) groups excluding carboxylic acids is 3. The van der Waals surface area contributed by atoms with Gasteiger partial charge in [0.1, 0.15) is 23.6 Å². The summed E-state index contributed by atoms with van der Waals surface area (Å²) in [6, 6.07) is 15.1. The zero-order valence-corrected chi connectivity index (χ0v) is 24.7. The van der Waals surface area contributed by atoms with Gasteiger partial charge >= 0.3 is 18.0 Å². The summed E-state index contributed by atoms with van der Waals surface area (Å²) in [4.78, 5) is 35.6. The van der Waals surface area contributed by atoms with Crippen LogP contribution in [0, 0.1) is 0 Å². The fourth-order valence-corrected chi connectivity index (χ4v) is 4.21. The second-order valence-electron chi connectivity index (χ2n) is 10.4. The van der Waals surface area contributed by atoms with Gasteiger partial charge in [-0.05, 0) is 81.7 Å². The SMILES string of the molecule is C=C(C)C(=O)OCCNC(=O)OC(C)(C)CC(C)(C)Oc1ccc(C(=S)c2ccc(/C=C/C(=O)OC)cc2)cc1. The first-order valence-electron chi connectivity index (χ1n) is 12.7. The number of nitrogens with one attached hydrogen (secondary N) is 1. The minimum atomic E-state index is -0.832. The van der Waals surface area contributed by atoms with Gasteiger partial charge in [0.15, 0.2) is 0 Å². The second-order valence-corrected chi connectivity index (χ2v) is 10.8. The number of hydrogen-bond acceptors (Lipinski definition) is 8. The van der Waals surface area contributed by atoms with Gasteiger partial charge in [0.2, 0.25) is 0 Å². The molecule has 0 saturated heterocycles. The summed E-state index contributed by atoms with van der Waals surface area (Å²) in [6.07, 6.45) is 2.84. The number of ether oxygens (including phenoxy) is 4. The minimum absolute atomic E-state index is 0.0228. The van der Waals surface area contributed by atoms with E-state index in [4.69, 9.17) is 26.4 Å². The predicted octanol–water partition coefficient (Wildman–Crippen LogP) is 5.81. The van der Waals surface area contributed by atoms with E-state index in [-0.39, 0.29) is 13.2 Å². The Balaban J connectivity index is 1.91. The first-order chi connectivity index (χ1) is 18.7. The van der Waals surface area contributed by atoms with Crippen LogP contribution in [0.5, 0.6) is 5.75 Å². The topological polar surface area (TPSA) is 100 Å². The first-order valence-corrected chi connectivity index (χ1v) is 13.1. The average molecular weight is 568 g/mol. The Bertz CT molecular complexity index is 1250. The van der Waals surface area contributed by atoms with Crippen molar-refractivity contribution in [3.63, 3.8) is 0 Å². The number of methoxy groups -OCH3 is 1. The maximum atomic E-state index is 12.2. The van der Waals surface area contributed by atoms with E-state index >= 15 is 0 Å². The Morgan fingerprint density at radius 1 is 0.950 bits per heavy atom.